The van der Waals surface area contributed by atoms with Crippen LogP contribution in [0.5, 0.6) is 0 Å². The number of aliphatic hydroxyl groups is 1. The van der Waals surface area contributed by atoms with E-state index in [4.69, 9.17) is 9.84 Å². The van der Waals surface area contributed by atoms with Crippen molar-refractivity contribution in [2.75, 3.05) is 40.4 Å². The van der Waals surface area contributed by atoms with E-state index >= 15 is 0 Å². The Morgan fingerprint density at radius 2 is 2.06 bits per heavy atom. The Hall–Kier alpha value is -0.650. The highest BCUT2D eigenvalue weighted by Crippen LogP contribution is 2.16. The summed E-state index contributed by atoms with van der Waals surface area (Å²) < 4.78 is 5.68. The molecule has 0 aliphatic carbocycles. The molecular formula is C13H26N2O3. The van der Waals surface area contributed by atoms with E-state index in [1.165, 1.54) is 0 Å². The molecule has 1 saturated heterocycles. The van der Waals surface area contributed by atoms with Gasteiger partial charge >= 0.3 is 0 Å². The first-order valence-corrected chi connectivity index (χ1v) is 6.74. The Kier molecular flexibility index (Phi) is 6.60. The molecule has 0 aromatic rings. The Morgan fingerprint density at radius 1 is 1.44 bits per heavy atom. The minimum absolute atomic E-state index is 0.0432. The predicted octanol–water partition coefficient (Wildman–Crippen LogP) is 0.327. The molecule has 1 heterocycles. The molecule has 1 unspecified atom stereocenters. The predicted molar refractivity (Wildman–Crippen MR) is 70.4 cm³/mol. The molecule has 0 aromatic carbocycles. The fraction of sp³-hybridized carbons (Fsp3) is 0.923. The van der Waals surface area contributed by atoms with E-state index in [0.717, 1.165) is 25.9 Å². The van der Waals surface area contributed by atoms with E-state index < -0.39 is 0 Å². The normalized spacial score (nSPS) is 19.8. The van der Waals surface area contributed by atoms with Gasteiger partial charge in [-0.05, 0) is 26.2 Å². The first-order chi connectivity index (χ1) is 8.56. The third kappa shape index (κ3) is 4.55. The zero-order valence-corrected chi connectivity index (χ0v) is 11.8. The van der Waals surface area contributed by atoms with Gasteiger partial charge in [0.2, 0.25) is 5.91 Å². The van der Waals surface area contributed by atoms with Crippen molar-refractivity contribution in [3.8, 4) is 0 Å². The molecule has 1 fully saturated rings. The summed E-state index contributed by atoms with van der Waals surface area (Å²) in [7, 11) is 3.59. The number of likely N-dealkylation sites (N-methyl/N-ethyl adjacent to an activating group) is 1. The van der Waals surface area contributed by atoms with Gasteiger partial charge in [-0.2, -0.15) is 0 Å². The van der Waals surface area contributed by atoms with Gasteiger partial charge in [-0.15, -0.1) is 0 Å². The summed E-state index contributed by atoms with van der Waals surface area (Å²) in [6.07, 6.45) is 2.93. The summed E-state index contributed by atoms with van der Waals surface area (Å²) >= 11 is 0. The Bertz CT molecular complexity index is 251. The van der Waals surface area contributed by atoms with Crippen molar-refractivity contribution >= 4 is 5.91 Å². The number of carbonyl (C=O) groups is 1. The fourth-order valence-corrected chi connectivity index (χ4v) is 2.27. The molecule has 5 heteroatoms. The van der Waals surface area contributed by atoms with Crippen molar-refractivity contribution in [2.24, 2.45) is 0 Å². The maximum Gasteiger partial charge on any atom is 0.239 e. The summed E-state index contributed by atoms with van der Waals surface area (Å²) in [6.45, 7) is 4.60. The molecule has 1 aliphatic heterocycles. The summed E-state index contributed by atoms with van der Waals surface area (Å²) in [5.74, 6) is 0.162. The van der Waals surface area contributed by atoms with E-state index in [1.54, 1.807) is 19.0 Å². The second-order valence-electron chi connectivity index (χ2n) is 5.09. The quantitative estimate of drug-likeness (QED) is 0.698. The average Bonchev–Trinajstić information content (AvgIpc) is 2.38. The third-order valence-corrected chi connectivity index (χ3v) is 3.48. The van der Waals surface area contributed by atoms with Crippen LogP contribution in [0.1, 0.15) is 26.2 Å². The lowest BCUT2D eigenvalue weighted by atomic mass is 10.1. The number of carbonyl (C=O) groups excluding carboxylic acids is 1. The molecule has 5 nitrogen and oxygen atoms in total. The number of hydrogen-bond acceptors (Lipinski definition) is 4. The lowest BCUT2D eigenvalue weighted by molar-refractivity contribution is -0.135. The van der Waals surface area contributed by atoms with Crippen LogP contribution in [0.4, 0.5) is 0 Å². The van der Waals surface area contributed by atoms with Gasteiger partial charge < -0.3 is 14.7 Å². The van der Waals surface area contributed by atoms with Crippen LogP contribution in [0.2, 0.25) is 0 Å². The maximum absolute atomic E-state index is 11.9. The monoisotopic (exact) mass is 258 g/mol. The molecule has 0 radical (unpaired) electrons. The lowest BCUT2D eigenvalue weighted by Gasteiger charge is -2.36. The SMILES string of the molecule is CC(C(=O)N(C)C)N1CCC(OCCCO)CC1. The molecule has 0 bridgehead atoms. The van der Waals surface area contributed by atoms with E-state index in [-0.39, 0.29) is 24.7 Å². The summed E-state index contributed by atoms with van der Waals surface area (Å²) in [4.78, 5) is 15.7. The van der Waals surface area contributed by atoms with Crippen molar-refractivity contribution in [1.82, 2.24) is 9.80 Å². The largest absolute Gasteiger partial charge is 0.396 e. The van der Waals surface area contributed by atoms with Crippen LogP contribution in [0, 0.1) is 0 Å². The van der Waals surface area contributed by atoms with Gasteiger partial charge in [0.15, 0.2) is 0 Å². The van der Waals surface area contributed by atoms with Gasteiger partial charge in [0.25, 0.3) is 0 Å². The van der Waals surface area contributed by atoms with E-state index in [0.29, 0.717) is 13.0 Å². The van der Waals surface area contributed by atoms with Crippen LogP contribution in [0.3, 0.4) is 0 Å². The van der Waals surface area contributed by atoms with Gasteiger partial charge in [0.05, 0.1) is 12.1 Å². The Balaban J connectivity index is 2.28. The van der Waals surface area contributed by atoms with Gasteiger partial charge in [-0.1, -0.05) is 0 Å². The Morgan fingerprint density at radius 3 is 2.56 bits per heavy atom. The summed E-state index contributed by atoms with van der Waals surface area (Å²) in [6, 6.07) is -0.0432. The van der Waals surface area contributed by atoms with Crippen LogP contribution in [0.25, 0.3) is 0 Å². The fourth-order valence-electron chi connectivity index (χ4n) is 2.27. The van der Waals surface area contributed by atoms with Crippen molar-refractivity contribution in [1.29, 1.82) is 0 Å². The number of hydrogen-bond donors (Lipinski definition) is 1. The molecule has 18 heavy (non-hydrogen) atoms. The molecular weight excluding hydrogens is 232 g/mol. The highest BCUT2D eigenvalue weighted by atomic mass is 16.5. The minimum atomic E-state index is -0.0432. The van der Waals surface area contributed by atoms with Gasteiger partial charge in [0.1, 0.15) is 0 Å². The molecule has 1 rings (SSSR count). The standard InChI is InChI=1S/C13H26N2O3/c1-11(13(17)14(2)3)15-7-5-12(6-8-15)18-10-4-9-16/h11-12,16H,4-10H2,1-3H3. The van der Waals surface area contributed by atoms with Crippen LogP contribution in [-0.4, -0.2) is 73.4 Å². The molecule has 1 aliphatic rings. The summed E-state index contributed by atoms with van der Waals surface area (Å²) in [5, 5.41) is 8.69. The van der Waals surface area contributed by atoms with Crippen molar-refractivity contribution in [2.45, 2.75) is 38.3 Å². The average molecular weight is 258 g/mol. The molecule has 1 amide bonds. The molecule has 1 N–H and O–H groups in total. The molecule has 0 spiro atoms. The first kappa shape index (κ1) is 15.4. The minimum Gasteiger partial charge on any atom is -0.396 e. The van der Waals surface area contributed by atoms with Crippen molar-refractivity contribution in [3.63, 3.8) is 0 Å². The molecule has 1 atom stereocenters. The highest BCUT2D eigenvalue weighted by molar-refractivity contribution is 5.80. The van der Waals surface area contributed by atoms with Gasteiger partial charge in [-0.25, -0.2) is 0 Å². The van der Waals surface area contributed by atoms with Crippen LogP contribution >= 0.6 is 0 Å². The second kappa shape index (κ2) is 7.71. The highest BCUT2D eigenvalue weighted by Gasteiger charge is 2.27. The number of amides is 1. The van der Waals surface area contributed by atoms with Crippen molar-refractivity contribution < 1.29 is 14.6 Å². The van der Waals surface area contributed by atoms with Crippen LogP contribution in [0.15, 0.2) is 0 Å². The number of nitrogens with zero attached hydrogens (tertiary/aromatic N) is 2. The van der Waals surface area contributed by atoms with Crippen LogP contribution in [-0.2, 0) is 9.53 Å². The Labute approximate surface area is 110 Å². The van der Waals surface area contributed by atoms with Gasteiger partial charge in [-0.3, -0.25) is 9.69 Å². The van der Waals surface area contributed by atoms with E-state index in [1.807, 2.05) is 6.92 Å². The van der Waals surface area contributed by atoms with Crippen molar-refractivity contribution in [3.05, 3.63) is 0 Å². The zero-order valence-electron chi connectivity index (χ0n) is 11.8. The zero-order chi connectivity index (χ0) is 13.5. The summed E-state index contributed by atoms with van der Waals surface area (Å²) in [5.41, 5.74) is 0. The second-order valence-corrected chi connectivity index (χ2v) is 5.09. The lowest BCUT2D eigenvalue weighted by Crippen LogP contribution is -2.49. The van der Waals surface area contributed by atoms with E-state index in [2.05, 4.69) is 4.90 Å². The van der Waals surface area contributed by atoms with Gasteiger partial charge in [0, 0.05) is 40.4 Å². The third-order valence-electron chi connectivity index (χ3n) is 3.48. The molecule has 0 saturated carbocycles. The number of rotatable bonds is 6. The van der Waals surface area contributed by atoms with Crippen LogP contribution < -0.4 is 0 Å². The number of aliphatic hydroxyl groups excluding tert-OH is 1. The topological polar surface area (TPSA) is 53.0 Å². The molecule has 106 valence electrons. The first-order valence-electron chi connectivity index (χ1n) is 6.74. The van der Waals surface area contributed by atoms with E-state index in [9.17, 15) is 4.79 Å². The maximum atomic E-state index is 11.9. The molecule has 0 aromatic heterocycles. The number of piperidine rings is 1. The number of likely N-dealkylation sites (tertiary alicyclic amines) is 1. The smallest absolute Gasteiger partial charge is 0.239 e. The number of ether oxygens (including phenoxy) is 1.